The second-order valence-corrected chi connectivity index (χ2v) is 5.21. The first-order chi connectivity index (χ1) is 7.80. The van der Waals surface area contributed by atoms with Gasteiger partial charge in [-0.25, -0.2) is 0 Å². The first-order valence-electron chi connectivity index (χ1n) is 4.54. The zero-order chi connectivity index (χ0) is 13.1. The van der Waals surface area contributed by atoms with Crippen LogP contribution in [0.4, 0.5) is 13.2 Å². The molecule has 1 atom stereocenters. The molecule has 0 fully saturated rings. The summed E-state index contributed by atoms with van der Waals surface area (Å²) in [6.07, 6.45) is -4.73. The van der Waals surface area contributed by atoms with Gasteiger partial charge in [-0.05, 0) is 22.0 Å². The second kappa shape index (κ2) is 5.83. The van der Waals surface area contributed by atoms with Crippen molar-refractivity contribution in [2.24, 2.45) is 5.92 Å². The van der Waals surface area contributed by atoms with Gasteiger partial charge in [-0.1, -0.05) is 0 Å². The molecular formula is C9H9BrF3NO2S. The van der Waals surface area contributed by atoms with Crippen molar-refractivity contribution >= 4 is 33.2 Å². The van der Waals surface area contributed by atoms with Crippen molar-refractivity contribution in [2.75, 3.05) is 6.54 Å². The van der Waals surface area contributed by atoms with Crippen molar-refractivity contribution in [3.63, 3.8) is 0 Å². The van der Waals surface area contributed by atoms with E-state index >= 15 is 0 Å². The number of rotatable bonds is 5. The maximum absolute atomic E-state index is 12.3. The Labute approximate surface area is 108 Å². The average Bonchev–Trinajstić information content (AvgIpc) is 2.56. The first-order valence-corrected chi connectivity index (χ1v) is 6.21. The van der Waals surface area contributed by atoms with Crippen LogP contribution in [0.25, 0.3) is 0 Å². The second-order valence-electron chi connectivity index (χ2n) is 3.29. The summed E-state index contributed by atoms with van der Waals surface area (Å²) in [6.45, 7) is -0.412. The van der Waals surface area contributed by atoms with Gasteiger partial charge in [-0.15, -0.1) is 11.3 Å². The molecule has 3 nitrogen and oxygen atoms in total. The van der Waals surface area contributed by atoms with Crippen LogP contribution >= 0.6 is 27.3 Å². The topological polar surface area (TPSA) is 49.3 Å². The number of aliphatic carboxylic acids is 1. The van der Waals surface area contributed by atoms with Gasteiger partial charge in [0.05, 0.1) is 0 Å². The molecule has 1 heterocycles. The zero-order valence-corrected chi connectivity index (χ0v) is 10.8. The third-order valence-electron chi connectivity index (χ3n) is 1.96. The SMILES string of the molecule is O=C(O)C(CNCc1cc(Br)cs1)C(F)(F)F. The zero-order valence-electron chi connectivity index (χ0n) is 8.42. The van der Waals surface area contributed by atoms with Crippen LogP contribution in [0.2, 0.25) is 0 Å². The smallest absolute Gasteiger partial charge is 0.403 e. The lowest BCUT2D eigenvalue weighted by Crippen LogP contribution is -2.38. The Kier molecular flexibility index (Phi) is 4.96. The fourth-order valence-electron chi connectivity index (χ4n) is 1.13. The number of carboxylic acid groups (broad SMARTS) is 1. The quantitative estimate of drug-likeness (QED) is 0.872. The summed E-state index contributed by atoms with van der Waals surface area (Å²) in [5.41, 5.74) is 0. The fourth-order valence-corrected chi connectivity index (χ4v) is 2.55. The minimum absolute atomic E-state index is 0.218. The molecule has 8 heteroatoms. The molecule has 0 aliphatic heterocycles. The molecule has 0 aliphatic rings. The van der Waals surface area contributed by atoms with Gasteiger partial charge in [0.15, 0.2) is 5.92 Å². The van der Waals surface area contributed by atoms with Crippen LogP contribution in [0.5, 0.6) is 0 Å². The van der Waals surface area contributed by atoms with Crippen molar-refractivity contribution < 1.29 is 23.1 Å². The summed E-state index contributed by atoms with van der Waals surface area (Å²) in [4.78, 5) is 11.3. The van der Waals surface area contributed by atoms with Gasteiger partial charge in [0.1, 0.15) is 0 Å². The number of carbonyl (C=O) groups is 1. The van der Waals surface area contributed by atoms with E-state index < -0.39 is 24.6 Å². The van der Waals surface area contributed by atoms with Crippen molar-refractivity contribution in [3.05, 3.63) is 20.8 Å². The molecule has 2 N–H and O–H groups in total. The van der Waals surface area contributed by atoms with E-state index in [1.807, 2.05) is 0 Å². The van der Waals surface area contributed by atoms with E-state index in [1.54, 1.807) is 11.4 Å². The maximum Gasteiger partial charge on any atom is 0.403 e. The highest BCUT2D eigenvalue weighted by Gasteiger charge is 2.44. The molecule has 0 radical (unpaired) electrons. The van der Waals surface area contributed by atoms with Gasteiger partial charge in [-0.3, -0.25) is 4.79 Å². The Hall–Kier alpha value is -0.600. The number of carboxylic acids is 1. The van der Waals surface area contributed by atoms with Gasteiger partial charge in [0.25, 0.3) is 0 Å². The third-order valence-corrected chi connectivity index (χ3v) is 3.66. The number of alkyl halides is 3. The van der Waals surface area contributed by atoms with Crippen LogP contribution in [0.15, 0.2) is 15.9 Å². The Morgan fingerprint density at radius 2 is 2.24 bits per heavy atom. The van der Waals surface area contributed by atoms with E-state index in [1.165, 1.54) is 11.3 Å². The van der Waals surface area contributed by atoms with Crippen LogP contribution in [-0.4, -0.2) is 23.8 Å². The van der Waals surface area contributed by atoms with Crippen LogP contribution in [0.3, 0.4) is 0 Å². The van der Waals surface area contributed by atoms with Gasteiger partial charge < -0.3 is 10.4 Å². The summed E-state index contributed by atoms with van der Waals surface area (Å²) in [7, 11) is 0. The highest BCUT2D eigenvalue weighted by atomic mass is 79.9. The summed E-state index contributed by atoms with van der Waals surface area (Å²) in [5, 5.41) is 12.7. The van der Waals surface area contributed by atoms with Gasteiger partial charge in [0.2, 0.25) is 0 Å². The largest absolute Gasteiger partial charge is 0.481 e. The first kappa shape index (κ1) is 14.5. The summed E-state index contributed by atoms with van der Waals surface area (Å²) < 4.78 is 37.7. The molecule has 0 amide bonds. The summed E-state index contributed by atoms with van der Waals surface area (Å²) in [5.74, 6) is -4.23. The van der Waals surface area contributed by atoms with Crippen LogP contribution in [0.1, 0.15) is 4.88 Å². The molecule has 0 saturated carbocycles. The monoisotopic (exact) mass is 331 g/mol. The molecule has 1 aromatic rings. The van der Waals surface area contributed by atoms with E-state index in [9.17, 15) is 18.0 Å². The molecule has 1 rings (SSSR count). The Morgan fingerprint density at radius 3 is 2.65 bits per heavy atom. The van der Waals surface area contributed by atoms with Crippen molar-refractivity contribution in [1.29, 1.82) is 0 Å². The maximum atomic E-state index is 12.3. The van der Waals surface area contributed by atoms with Crippen LogP contribution in [-0.2, 0) is 11.3 Å². The minimum atomic E-state index is -4.73. The van der Waals surface area contributed by atoms with Crippen molar-refractivity contribution in [1.82, 2.24) is 5.32 Å². The number of halogens is 4. The van der Waals surface area contributed by atoms with Gasteiger partial charge >= 0.3 is 12.1 Å². The van der Waals surface area contributed by atoms with E-state index in [2.05, 4.69) is 21.2 Å². The molecular weight excluding hydrogens is 323 g/mol. The molecule has 96 valence electrons. The molecule has 0 bridgehead atoms. The lowest BCUT2D eigenvalue weighted by atomic mass is 10.1. The molecule has 17 heavy (non-hydrogen) atoms. The molecule has 1 aromatic heterocycles. The average molecular weight is 332 g/mol. The van der Waals surface area contributed by atoms with E-state index in [0.29, 0.717) is 0 Å². The predicted molar refractivity (Wildman–Crippen MR) is 60.9 cm³/mol. The van der Waals surface area contributed by atoms with Crippen LogP contribution < -0.4 is 5.32 Å². The van der Waals surface area contributed by atoms with E-state index in [4.69, 9.17) is 5.11 Å². The number of nitrogens with one attached hydrogen (secondary N) is 1. The minimum Gasteiger partial charge on any atom is -0.481 e. The lowest BCUT2D eigenvalue weighted by molar-refractivity contribution is -0.192. The molecule has 0 aliphatic carbocycles. The highest BCUT2D eigenvalue weighted by molar-refractivity contribution is 9.10. The Bertz CT molecular complexity index is 394. The molecule has 1 unspecified atom stereocenters. The number of thiophene rings is 1. The van der Waals surface area contributed by atoms with E-state index in [0.717, 1.165) is 9.35 Å². The van der Waals surface area contributed by atoms with Gasteiger partial charge in [0, 0.05) is 27.8 Å². The van der Waals surface area contributed by atoms with Crippen LogP contribution in [0, 0.1) is 5.92 Å². The van der Waals surface area contributed by atoms with Crippen molar-refractivity contribution in [2.45, 2.75) is 12.7 Å². The molecule has 0 spiro atoms. The van der Waals surface area contributed by atoms with E-state index in [-0.39, 0.29) is 6.54 Å². The standard InChI is InChI=1S/C9H9BrF3NO2S/c10-5-1-6(17-4-5)2-14-3-7(8(15)16)9(11,12)13/h1,4,7,14H,2-3H2,(H,15,16). The molecule has 0 aromatic carbocycles. The third kappa shape index (κ3) is 4.64. The lowest BCUT2D eigenvalue weighted by Gasteiger charge is -2.16. The van der Waals surface area contributed by atoms with Crippen molar-refractivity contribution in [3.8, 4) is 0 Å². The fraction of sp³-hybridized carbons (Fsp3) is 0.444. The molecule has 0 saturated heterocycles. The summed E-state index contributed by atoms with van der Waals surface area (Å²) in [6, 6.07) is 1.76. The number of hydrogen-bond donors (Lipinski definition) is 2. The summed E-state index contributed by atoms with van der Waals surface area (Å²) >= 11 is 4.60. The Morgan fingerprint density at radius 1 is 1.59 bits per heavy atom. The predicted octanol–water partition coefficient (Wildman–Crippen LogP) is 2.86. The Balaban J connectivity index is 2.46. The van der Waals surface area contributed by atoms with Gasteiger partial charge in [-0.2, -0.15) is 13.2 Å². The number of hydrogen-bond acceptors (Lipinski definition) is 3. The highest BCUT2D eigenvalue weighted by Crippen LogP contribution is 2.26. The normalized spacial score (nSPS) is 13.6.